The highest BCUT2D eigenvalue weighted by atomic mass is 16.7. The van der Waals surface area contributed by atoms with Gasteiger partial charge in [-0.15, -0.1) is 0 Å². The first-order valence-electron chi connectivity index (χ1n) is 14.2. The molecule has 0 amide bonds. The number of phenolic OH excluding ortho intramolecular Hbond substituents is 1. The molecule has 11 atom stereocenters. The summed E-state index contributed by atoms with van der Waals surface area (Å²) in [7, 11) is 0. The van der Waals surface area contributed by atoms with Gasteiger partial charge in [-0.25, -0.2) is 0 Å². The molecule has 226 valence electrons. The molecule has 0 bridgehead atoms. The predicted octanol–water partition coefficient (Wildman–Crippen LogP) is 0.225. The van der Waals surface area contributed by atoms with Crippen LogP contribution in [0.3, 0.4) is 0 Å². The van der Waals surface area contributed by atoms with Crippen LogP contribution in [0.15, 0.2) is 23.8 Å². The summed E-state index contributed by atoms with van der Waals surface area (Å²) in [6.45, 7) is 2.96. The van der Waals surface area contributed by atoms with Gasteiger partial charge in [0.15, 0.2) is 0 Å². The molecule has 0 radical (unpaired) electrons. The van der Waals surface area contributed by atoms with Gasteiger partial charge in [-0.1, -0.05) is 25.0 Å². The van der Waals surface area contributed by atoms with Crippen molar-refractivity contribution in [1.82, 2.24) is 0 Å². The monoisotopic (exact) mass is 568 g/mol. The van der Waals surface area contributed by atoms with Gasteiger partial charge in [0.2, 0.25) is 6.29 Å². The van der Waals surface area contributed by atoms with Gasteiger partial charge in [0, 0.05) is 24.0 Å². The molecule has 1 saturated carbocycles. The molecular formula is C29H44O11. The summed E-state index contributed by atoms with van der Waals surface area (Å²) in [5.41, 5.74) is 2.59. The minimum Gasteiger partial charge on any atom is -0.507 e. The second-order valence-electron chi connectivity index (χ2n) is 11.4. The first kappa shape index (κ1) is 31.1. The summed E-state index contributed by atoms with van der Waals surface area (Å²) >= 11 is 0. The number of rotatable bonds is 9. The van der Waals surface area contributed by atoms with Crippen LogP contribution in [-0.2, 0) is 15.9 Å². The van der Waals surface area contributed by atoms with E-state index in [1.54, 1.807) is 12.1 Å². The lowest BCUT2D eigenvalue weighted by Gasteiger charge is -2.46. The summed E-state index contributed by atoms with van der Waals surface area (Å²) in [5.74, 6) is -0.530. The minimum absolute atomic E-state index is 0.0492. The Morgan fingerprint density at radius 1 is 0.950 bits per heavy atom. The predicted molar refractivity (Wildman–Crippen MR) is 143 cm³/mol. The highest BCUT2D eigenvalue weighted by Crippen LogP contribution is 2.43. The van der Waals surface area contributed by atoms with Gasteiger partial charge in [-0.2, -0.15) is 0 Å². The standard InChI is InChI=1S/C29H44O11/c1-3-5-15-9-18(32)22(16-7-4-6-14(2)8-16)19(10-15)39-29-27(37)28(25(35)21(13-31)40-29)38-20-11-17(12-30)23(33)26(36)24(20)34/h8-10,16-17,20-21,23-37H,3-7,11-13H2,1-2H3/t16-,17+,20+,21+,23+,24-,25+,26-,27+,28-,29+/m0/s1. The Morgan fingerprint density at radius 3 is 2.35 bits per heavy atom. The number of aromatic hydroxyl groups is 1. The van der Waals surface area contributed by atoms with E-state index in [0.717, 1.165) is 31.2 Å². The fraction of sp³-hybridized carbons (Fsp3) is 0.724. The average molecular weight is 569 g/mol. The van der Waals surface area contributed by atoms with Crippen LogP contribution >= 0.6 is 0 Å². The molecule has 0 unspecified atom stereocenters. The van der Waals surface area contributed by atoms with E-state index in [0.29, 0.717) is 17.7 Å². The van der Waals surface area contributed by atoms with Crippen LogP contribution in [0.1, 0.15) is 63.0 Å². The van der Waals surface area contributed by atoms with E-state index in [2.05, 4.69) is 6.08 Å². The van der Waals surface area contributed by atoms with Gasteiger partial charge in [-0.3, -0.25) is 0 Å². The lowest BCUT2D eigenvalue weighted by molar-refractivity contribution is -0.303. The topological polar surface area (TPSA) is 190 Å². The van der Waals surface area contributed by atoms with Gasteiger partial charge >= 0.3 is 0 Å². The van der Waals surface area contributed by atoms with Gasteiger partial charge in [0.25, 0.3) is 0 Å². The Morgan fingerprint density at radius 2 is 1.70 bits per heavy atom. The maximum atomic E-state index is 11.3. The number of hydrogen-bond donors (Lipinski definition) is 8. The van der Waals surface area contributed by atoms with Crippen LogP contribution in [0.5, 0.6) is 11.5 Å². The number of phenols is 1. The van der Waals surface area contributed by atoms with Crippen molar-refractivity contribution in [2.45, 2.75) is 113 Å². The number of ether oxygens (including phenoxy) is 3. The maximum Gasteiger partial charge on any atom is 0.229 e. The lowest BCUT2D eigenvalue weighted by atomic mass is 9.81. The van der Waals surface area contributed by atoms with Gasteiger partial charge < -0.3 is 55.1 Å². The molecule has 11 nitrogen and oxygen atoms in total. The summed E-state index contributed by atoms with van der Waals surface area (Å²) in [5, 5.41) is 83.7. The fourth-order valence-corrected chi connectivity index (χ4v) is 6.14. The Hall–Kier alpha value is -1.80. The SMILES string of the molecule is CCCc1cc(O)c([C@@H]2C=C(C)CCC2)c(O[C@@H]2O[C@H](CO)[C@@H](O)[C@H](O[C@@H]3C[C@H](CO)[C@@H](O)[C@H](O)[C@H]3O)[C@H]2O)c1. The van der Waals surface area contributed by atoms with Crippen LogP contribution in [0, 0.1) is 5.92 Å². The van der Waals surface area contributed by atoms with E-state index in [1.165, 1.54) is 5.57 Å². The second-order valence-corrected chi connectivity index (χ2v) is 11.4. The zero-order valence-corrected chi connectivity index (χ0v) is 23.0. The highest BCUT2D eigenvalue weighted by Gasteiger charge is 2.50. The number of benzene rings is 1. The number of aliphatic hydroxyl groups excluding tert-OH is 7. The molecule has 2 aliphatic carbocycles. The minimum atomic E-state index is -1.61. The van der Waals surface area contributed by atoms with Crippen LogP contribution in [-0.4, -0.2) is 109 Å². The number of aryl methyl sites for hydroxylation is 1. The van der Waals surface area contributed by atoms with Crippen molar-refractivity contribution in [3.8, 4) is 11.5 Å². The molecule has 2 fully saturated rings. The molecule has 8 N–H and O–H groups in total. The Bertz CT molecular complexity index is 1010. The molecule has 0 aromatic heterocycles. The van der Waals surface area contributed by atoms with Crippen molar-refractivity contribution in [1.29, 1.82) is 0 Å². The molecule has 1 aliphatic heterocycles. The molecular weight excluding hydrogens is 524 g/mol. The van der Waals surface area contributed by atoms with Crippen molar-refractivity contribution < 1.29 is 55.1 Å². The lowest BCUT2D eigenvalue weighted by Crippen LogP contribution is -2.64. The largest absolute Gasteiger partial charge is 0.507 e. The molecule has 1 aromatic rings. The van der Waals surface area contributed by atoms with E-state index in [-0.39, 0.29) is 18.1 Å². The third kappa shape index (κ3) is 6.48. The first-order chi connectivity index (χ1) is 19.1. The van der Waals surface area contributed by atoms with E-state index in [9.17, 15) is 40.9 Å². The Balaban J connectivity index is 1.63. The second kappa shape index (κ2) is 13.5. The van der Waals surface area contributed by atoms with E-state index in [1.807, 2.05) is 13.8 Å². The van der Waals surface area contributed by atoms with E-state index < -0.39 is 74.3 Å². The van der Waals surface area contributed by atoms with Crippen LogP contribution in [0.4, 0.5) is 0 Å². The molecule has 1 saturated heterocycles. The fourth-order valence-electron chi connectivity index (χ4n) is 6.14. The van der Waals surface area contributed by atoms with Crippen molar-refractivity contribution >= 4 is 0 Å². The molecule has 11 heteroatoms. The first-order valence-corrected chi connectivity index (χ1v) is 14.2. The van der Waals surface area contributed by atoms with Gasteiger partial charge in [-0.05, 0) is 56.7 Å². The molecule has 4 rings (SSSR count). The van der Waals surface area contributed by atoms with Crippen LogP contribution in [0.2, 0.25) is 0 Å². The van der Waals surface area contributed by atoms with Crippen molar-refractivity contribution in [3.05, 3.63) is 34.9 Å². The smallest absolute Gasteiger partial charge is 0.229 e. The van der Waals surface area contributed by atoms with E-state index >= 15 is 0 Å². The summed E-state index contributed by atoms with van der Waals surface area (Å²) in [6.07, 6.45) is -6.58. The molecule has 0 spiro atoms. The van der Waals surface area contributed by atoms with Crippen LogP contribution in [0.25, 0.3) is 0 Å². The van der Waals surface area contributed by atoms with Crippen molar-refractivity contribution in [2.24, 2.45) is 5.92 Å². The van der Waals surface area contributed by atoms with Gasteiger partial charge in [0.1, 0.15) is 48.1 Å². The highest BCUT2D eigenvalue weighted by molar-refractivity contribution is 5.51. The Kier molecular flexibility index (Phi) is 10.5. The van der Waals surface area contributed by atoms with Crippen molar-refractivity contribution in [2.75, 3.05) is 13.2 Å². The third-order valence-electron chi connectivity index (χ3n) is 8.39. The molecule has 1 aromatic carbocycles. The average Bonchev–Trinajstić information content (AvgIpc) is 2.92. The number of aliphatic hydroxyl groups is 7. The van der Waals surface area contributed by atoms with Gasteiger partial charge in [0.05, 0.1) is 18.8 Å². The maximum absolute atomic E-state index is 11.3. The summed E-state index contributed by atoms with van der Waals surface area (Å²) < 4.78 is 17.9. The zero-order valence-electron chi connectivity index (χ0n) is 23.0. The third-order valence-corrected chi connectivity index (χ3v) is 8.39. The normalized spacial score (nSPS) is 38.6. The molecule has 40 heavy (non-hydrogen) atoms. The van der Waals surface area contributed by atoms with Crippen molar-refractivity contribution in [3.63, 3.8) is 0 Å². The summed E-state index contributed by atoms with van der Waals surface area (Å²) in [4.78, 5) is 0. The number of allylic oxidation sites excluding steroid dienone is 2. The number of hydrogen-bond acceptors (Lipinski definition) is 11. The van der Waals surface area contributed by atoms with E-state index in [4.69, 9.17) is 14.2 Å². The molecule has 1 heterocycles. The summed E-state index contributed by atoms with van der Waals surface area (Å²) in [6, 6.07) is 3.52. The molecule has 3 aliphatic rings. The van der Waals surface area contributed by atoms with Crippen LogP contribution < -0.4 is 4.74 Å². The zero-order chi connectivity index (χ0) is 29.1. The Labute approximate surface area is 234 Å². The quantitative estimate of drug-likeness (QED) is 0.190.